The SMILES string of the molecule is C=CC(=O)Oc1ccc2ccc(OC(=O)C=C)c(C(c3ccc4ccccc4c3)c3c(OC(=O)C=C)ccc4ccc(OC(=O)C=C)cc34)c2c1. The normalized spacial score (nSPS) is 10.8. The smallest absolute Gasteiger partial charge is 0.335 e. The van der Waals surface area contributed by atoms with Crippen LogP contribution in [0.2, 0.25) is 0 Å². The van der Waals surface area contributed by atoms with Crippen LogP contribution in [0.1, 0.15) is 22.6 Å². The standard InChI is InChI=1S/C43H30O8/c1-5-37(44)48-31-19-15-27-17-21-35(50-39(46)7-3)42(33(27)24-31)41(30-14-13-26-11-9-10-12-29(26)23-30)43-34-25-32(49-38(45)6-2)20-16-28(34)18-22-36(43)51-40(47)8-4/h5-25,41H,1-4H2. The van der Waals surface area contributed by atoms with Gasteiger partial charge in [-0.25, -0.2) is 19.2 Å². The predicted molar refractivity (Wildman–Crippen MR) is 196 cm³/mol. The molecule has 8 nitrogen and oxygen atoms in total. The third-order valence-corrected chi connectivity index (χ3v) is 8.20. The van der Waals surface area contributed by atoms with E-state index in [1.54, 1.807) is 60.7 Å². The minimum Gasteiger partial charge on any atom is -0.423 e. The molecule has 0 saturated heterocycles. The fourth-order valence-corrected chi connectivity index (χ4v) is 5.99. The third kappa shape index (κ3) is 7.06. The van der Waals surface area contributed by atoms with Crippen LogP contribution >= 0.6 is 0 Å². The van der Waals surface area contributed by atoms with Crippen LogP contribution in [-0.2, 0) is 19.2 Å². The predicted octanol–water partition coefficient (Wildman–Crippen LogP) is 8.69. The summed E-state index contributed by atoms with van der Waals surface area (Å²) in [6, 6.07) is 30.8. The van der Waals surface area contributed by atoms with E-state index in [0.29, 0.717) is 21.9 Å². The summed E-state index contributed by atoms with van der Waals surface area (Å²) in [4.78, 5) is 50.3. The van der Waals surface area contributed by atoms with Gasteiger partial charge in [-0.1, -0.05) is 93.0 Å². The second kappa shape index (κ2) is 14.6. The Morgan fingerprint density at radius 3 is 1.33 bits per heavy atom. The average molecular weight is 675 g/mol. The number of hydrogen-bond donors (Lipinski definition) is 0. The Kier molecular flexibility index (Phi) is 9.68. The lowest BCUT2D eigenvalue weighted by Crippen LogP contribution is -2.14. The Hall–Kier alpha value is -7.06. The number of fused-ring (bicyclic) bond motifs is 3. The Bertz CT molecular complexity index is 2300. The molecule has 0 aliphatic rings. The molecule has 0 fully saturated rings. The van der Waals surface area contributed by atoms with Crippen LogP contribution in [0, 0.1) is 0 Å². The maximum atomic E-state index is 12.9. The van der Waals surface area contributed by atoms with Crippen LogP contribution in [0.4, 0.5) is 0 Å². The molecule has 6 aromatic carbocycles. The van der Waals surface area contributed by atoms with Gasteiger partial charge in [0.25, 0.3) is 0 Å². The summed E-state index contributed by atoms with van der Waals surface area (Å²) in [6.07, 6.45) is 4.21. The van der Waals surface area contributed by atoms with Gasteiger partial charge in [-0.15, -0.1) is 0 Å². The fraction of sp³-hybridized carbons (Fsp3) is 0.0233. The van der Waals surface area contributed by atoms with Crippen LogP contribution in [0.15, 0.2) is 154 Å². The van der Waals surface area contributed by atoms with E-state index in [1.807, 2.05) is 42.5 Å². The van der Waals surface area contributed by atoms with Crippen LogP contribution in [-0.4, -0.2) is 23.9 Å². The van der Waals surface area contributed by atoms with Gasteiger partial charge in [0.15, 0.2) is 0 Å². The van der Waals surface area contributed by atoms with Gasteiger partial charge in [-0.3, -0.25) is 0 Å². The molecule has 0 radical (unpaired) electrons. The number of ether oxygens (including phenoxy) is 4. The van der Waals surface area contributed by atoms with Gasteiger partial charge in [0.1, 0.15) is 23.0 Å². The first-order valence-electron chi connectivity index (χ1n) is 15.7. The summed E-state index contributed by atoms with van der Waals surface area (Å²) in [6.45, 7) is 14.2. The summed E-state index contributed by atoms with van der Waals surface area (Å²) in [5, 5.41) is 4.45. The molecular weight excluding hydrogens is 644 g/mol. The van der Waals surface area contributed by atoms with Crippen molar-refractivity contribution in [1.82, 2.24) is 0 Å². The molecule has 51 heavy (non-hydrogen) atoms. The minimum atomic E-state index is -0.835. The molecule has 0 spiro atoms. The third-order valence-electron chi connectivity index (χ3n) is 8.20. The highest BCUT2D eigenvalue weighted by Gasteiger charge is 2.30. The van der Waals surface area contributed by atoms with Crippen molar-refractivity contribution < 1.29 is 38.1 Å². The molecule has 0 N–H and O–H groups in total. The topological polar surface area (TPSA) is 105 Å². The van der Waals surface area contributed by atoms with Crippen molar-refractivity contribution in [2.45, 2.75) is 5.92 Å². The zero-order valence-corrected chi connectivity index (χ0v) is 27.3. The van der Waals surface area contributed by atoms with Gasteiger partial charge in [-0.05, 0) is 74.3 Å². The fourth-order valence-electron chi connectivity index (χ4n) is 5.99. The van der Waals surface area contributed by atoms with E-state index < -0.39 is 29.8 Å². The maximum Gasteiger partial charge on any atom is 0.335 e. The summed E-state index contributed by atoms with van der Waals surface area (Å²) >= 11 is 0. The van der Waals surface area contributed by atoms with Crippen molar-refractivity contribution in [1.29, 1.82) is 0 Å². The van der Waals surface area contributed by atoms with Gasteiger partial charge in [0.05, 0.1) is 0 Å². The molecule has 6 rings (SSSR count). The number of carbonyl (C=O) groups is 4. The summed E-state index contributed by atoms with van der Waals surface area (Å²) in [5.41, 5.74) is 1.68. The lowest BCUT2D eigenvalue weighted by molar-refractivity contribution is -0.129. The minimum absolute atomic E-state index is 0.171. The number of benzene rings is 6. The second-order valence-electron chi connectivity index (χ2n) is 11.3. The monoisotopic (exact) mass is 674 g/mol. The zero-order valence-electron chi connectivity index (χ0n) is 27.3. The van der Waals surface area contributed by atoms with E-state index in [2.05, 4.69) is 26.3 Å². The van der Waals surface area contributed by atoms with E-state index in [0.717, 1.165) is 51.4 Å². The molecule has 0 aromatic heterocycles. The van der Waals surface area contributed by atoms with Crippen molar-refractivity contribution in [3.05, 3.63) is 170 Å². The molecule has 0 saturated carbocycles. The zero-order chi connectivity index (χ0) is 36.1. The van der Waals surface area contributed by atoms with Gasteiger partial charge < -0.3 is 18.9 Å². The molecule has 0 aliphatic heterocycles. The average Bonchev–Trinajstić information content (AvgIpc) is 3.15. The van der Waals surface area contributed by atoms with Crippen molar-refractivity contribution in [3.63, 3.8) is 0 Å². The van der Waals surface area contributed by atoms with Crippen molar-refractivity contribution in [2.75, 3.05) is 0 Å². The lowest BCUT2D eigenvalue weighted by atomic mass is 9.79. The molecule has 0 amide bonds. The molecule has 0 atom stereocenters. The molecule has 0 unspecified atom stereocenters. The van der Waals surface area contributed by atoms with Crippen LogP contribution < -0.4 is 18.9 Å². The van der Waals surface area contributed by atoms with Gasteiger partial charge in [-0.2, -0.15) is 0 Å². The Labute approximate surface area is 293 Å². The Morgan fingerprint density at radius 1 is 0.451 bits per heavy atom. The highest BCUT2D eigenvalue weighted by molar-refractivity contribution is 5.98. The number of hydrogen-bond acceptors (Lipinski definition) is 8. The van der Waals surface area contributed by atoms with Crippen molar-refractivity contribution in [3.8, 4) is 23.0 Å². The highest BCUT2D eigenvalue weighted by Crippen LogP contribution is 2.48. The first kappa shape index (κ1) is 33.8. The van der Waals surface area contributed by atoms with E-state index >= 15 is 0 Å². The van der Waals surface area contributed by atoms with Gasteiger partial charge in [0.2, 0.25) is 0 Å². The Balaban J connectivity index is 1.79. The molecule has 250 valence electrons. The molecule has 0 heterocycles. The largest absolute Gasteiger partial charge is 0.423 e. The summed E-state index contributed by atoms with van der Waals surface area (Å²) in [7, 11) is 0. The quantitative estimate of drug-likeness (QED) is 0.0582. The maximum absolute atomic E-state index is 12.9. The molecule has 8 heteroatoms. The van der Waals surface area contributed by atoms with Crippen molar-refractivity contribution in [2.24, 2.45) is 0 Å². The molecular formula is C43H30O8. The van der Waals surface area contributed by atoms with Crippen LogP contribution in [0.3, 0.4) is 0 Å². The van der Waals surface area contributed by atoms with E-state index in [9.17, 15) is 19.2 Å². The number of esters is 4. The lowest BCUT2D eigenvalue weighted by Gasteiger charge is -2.27. The van der Waals surface area contributed by atoms with Gasteiger partial charge >= 0.3 is 23.9 Å². The highest BCUT2D eigenvalue weighted by atomic mass is 16.5. The molecule has 0 aliphatic carbocycles. The first-order valence-corrected chi connectivity index (χ1v) is 15.7. The first-order chi connectivity index (χ1) is 24.7. The summed E-state index contributed by atoms with van der Waals surface area (Å²) < 4.78 is 22.9. The Morgan fingerprint density at radius 2 is 0.863 bits per heavy atom. The van der Waals surface area contributed by atoms with E-state index in [1.165, 1.54) is 0 Å². The van der Waals surface area contributed by atoms with Crippen molar-refractivity contribution >= 4 is 56.2 Å². The molecule has 0 bridgehead atoms. The number of carbonyl (C=O) groups excluding carboxylic acids is 4. The van der Waals surface area contributed by atoms with E-state index in [-0.39, 0.29) is 23.0 Å². The second-order valence-corrected chi connectivity index (χ2v) is 11.3. The number of rotatable bonds is 11. The van der Waals surface area contributed by atoms with Crippen LogP contribution in [0.25, 0.3) is 32.3 Å². The molecule has 6 aromatic rings. The van der Waals surface area contributed by atoms with Crippen LogP contribution in [0.5, 0.6) is 23.0 Å². The van der Waals surface area contributed by atoms with Gasteiger partial charge in [0, 0.05) is 41.3 Å². The van der Waals surface area contributed by atoms with E-state index in [4.69, 9.17) is 18.9 Å². The summed E-state index contributed by atoms with van der Waals surface area (Å²) in [5.74, 6) is -2.81.